The quantitative estimate of drug-likeness (QED) is 0.265. The first-order valence-corrected chi connectivity index (χ1v) is 13.0. The lowest BCUT2D eigenvalue weighted by Crippen LogP contribution is -2.15. The van der Waals surface area contributed by atoms with Crippen LogP contribution in [0.2, 0.25) is 10.0 Å². The zero-order chi connectivity index (χ0) is 27.3. The Morgan fingerprint density at radius 2 is 1.74 bits per heavy atom. The molecule has 11 nitrogen and oxygen atoms in total. The molecule has 4 rings (SSSR count). The number of hydrogen-bond acceptors (Lipinski definition) is 9. The molecule has 1 amide bonds. The lowest BCUT2D eigenvalue weighted by molar-refractivity contribution is 0.0992. The summed E-state index contributed by atoms with van der Waals surface area (Å²) in [5, 5.41) is 3.47. The second-order valence-electron chi connectivity index (χ2n) is 7.50. The van der Waals surface area contributed by atoms with Crippen molar-refractivity contribution < 1.29 is 31.8 Å². The molecule has 2 heterocycles. The molecule has 0 unspecified atom stereocenters. The van der Waals surface area contributed by atoms with Gasteiger partial charge in [0.25, 0.3) is 15.9 Å². The van der Waals surface area contributed by atoms with Crippen LogP contribution in [0.1, 0.15) is 16.3 Å². The average Bonchev–Trinajstić information content (AvgIpc) is 3.37. The molecule has 4 aromatic rings. The molecule has 38 heavy (non-hydrogen) atoms. The van der Waals surface area contributed by atoms with Crippen molar-refractivity contribution in [1.82, 2.24) is 9.97 Å². The summed E-state index contributed by atoms with van der Waals surface area (Å²) in [5.41, 5.74) is 0.349. The minimum atomic E-state index is -4.01. The molecule has 2 aromatic heterocycles. The van der Waals surface area contributed by atoms with Crippen molar-refractivity contribution in [1.29, 1.82) is 0 Å². The molecule has 0 aliphatic carbocycles. The van der Waals surface area contributed by atoms with Crippen molar-refractivity contribution in [2.45, 2.75) is 11.5 Å². The Labute approximate surface area is 227 Å². The number of anilines is 2. The summed E-state index contributed by atoms with van der Waals surface area (Å²) in [4.78, 5) is 20.4. The molecule has 0 saturated heterocycles. The smallest absolute Gasteiger partial charge is 0.321 e. The molecule has 0 radical (unpaired) electrons. The number of nitrogens with zero attached hydrogens (tertiary/aromatic N) is 2. The molecule has 2 aromatic carbocycles. The zero-order valence-electron chi connectivity index (χ0n) is 19.9. The number of ether oxygens (including phenoxy) is 3. The lowest BCUT2D eigenvalue weighted by Gasteiger charge is -2.10. The maximum atomic E-state index is 12.8. The Kier molecular flexibility index (Phi) is 8.25. The highest BCUT2D eigenvalue weighted by molar-refractivity contribution is 7.92. The highest BCUT2D eigenvalue weighted by atomic mass is 35.5. The fraction of sp³-hybridized carbons (Fsp3) is 0.125. The molecule has 0 atom stereocenters. The highest BCUT2D eigenvalue weighted by Crippen LogP contribution is 2.28. The number of halogens is 2. The Balaban J connectivity index is 1.38. The molecular formula is C24H20Cl2N4O7S. The summed E-state index contributed by atoms with van der Waals surface area (Å²) in [6.45, 7) is 0.0400. The van der Waals surface area contributed by atoms with E-state index >= 15 is 0 Å². The maximum Gasteiger partial charge on any atom is 0.321 e. The third-order valence-corrected chi connectivity index (χ3v) is 6.79. The molecule has 2 N–H and O–H groups in total. The largest absolute Gasteiger partial charge is 0.484 e. The molecular weight excluding hydrogens is 559 g/mol. The number of benzene rings is 2. The standard InChI is InChI=1S/C24H20Cl2N4O7S/c1-34-22-12-21(28-24(29-22)35-2)30-38(32,33)17-7-4-15(5-8-17)27-23(31)20-10-6-16(37-20)13-36-19-9-3-14(25)11-18(19)26/h3-12H,13H2,1-2H3,(H,27,31)(H,28,29,30). The number of nitrogens with one attached hydrogen (secondary N) is 2. The van der Waals surface area contributed by atoms with Crippen LogP contribution in [0.5, 0.6) is 17.6 Å². The van der Waals surface area contributed by atoms with Gasteiger partial charge in [-0.2, -0.15) is 9.97 Å². The Bertz CT molecular complexity index is 1540. The number of methoxy groups -OCH3 is 2. The first-order chi connectivity index (χ1) is 18.2. The minimum Gasteiger partial charge on any atom is -0.484 e. The molecule has 0 spiro atoms. The predicted molar refractivity (Wildman–Crippen MR) is 140 cm³/mol. The van der Waals surface area contributed by atoms with E-state index < -0.39 is 15.9 Å². The minimum absolute atomic E-state index is 0.0378. The summed E-state index contributed by atoms with van der Waals surface area (Å²) in [5.74, 6) is 0.397. The molecule has 14 heteroatoms. The van der Waals surface area contributed by atoms with E-state index in [1.165, 1.54) is 50.6 Å². The summed E-state index contributed by atoms with van der Waals surface area (Å²) in [7, 11) is -1.29. The first kappa shape index (κ1) is 27.0. The Hall–Kier alpha value is -4.00. The molecule has 0 saturated carbocycles. The van der Waals surface area contributed by atoms with Crippen LogP contribution in [0, 0.1) is 0 Å². The van der Waals surface area contributed by atoms with Gasteiger partial charge in [0.2, 0.25) is 5.88 Å². The lowest BCUT2D eigenvalue weighted by atomic mass is 10.3. The van der Waals surface area contributed by atoms with Gasteiger partial charge in [0.15, 0.2) is 11.6 Å². The molecule has 0 bridgehead atoms. The third kappa shape index (κ3) is 6.65. The van der Waals surface area contributed by atoms with Gasteiger partial charge in [-0.3, -0.25) is 9.52 Å². The summed E-state index contributed by atoms with van der Waals surface area (Å²) in [6, 6.07) is 14.7. The van der Waals surface area contributed by atoms with Crippen LogP contribution in [-0.4, -0.2) is 38.5 Å². The third-order valence-electron chi connectivity index (χ3n) is 4.88. The monoisotopic (exact) mass is 578 g/mol. The SMILES string of the molecule is COc1cc(NS(=O)(=O)c2ccc(NC(=O)c3ccc(COc4ccc(Cl)cc4Cl)o3)cc2)nc(OC)n1. The van der Waals surface area contributed by atoms with Crippen molar-refractivity contribution in [3.8, 4) is 17.6 Å². The molecule has 0 aliphatic heterocycles. The number of rotatable bonds is 10. The van der Waals surface area contributed by atoms with Gasteiger partial charge in [0, 0.05) is 16.8 Å². The van der Waals surface area contributed by atoms with Crippen LogP contribution in [0.15, 0.2) is 70.0 Å². The van der Waals surface area contributed by atoms with Gasteiger partial charge in [0.05, 0.1) is 24.1 Å². The van der Waals surface area contributed by atoms with Crippen LogP contribution in [0.4, 0.5) is 11.5 Å². The summed E-state index contributed by atoms with van der Waals surface area (Å²) < 4.78 is 49.0. The first-order valence-electron chi connectivity index (χ1n) is 10.7. The second kappa shape index (κ2) is 11.6. The number of furan rings is 1. The van der Waals surface area contributed by atoms with Gasteiger partial charge < -0.3 is 23.9 Å². The normalized spacial score (nSPS) is 11.1. The number of amides is 1. The van der Waals surface area contributed by atoms with Crippen molar-refractivity contribution in [3.63, 3.8) is 0 Å². The van der Waals surface area contributed by atoms with Crippen molar-refractivity contribution in [3.05, 3.63) is 82.2 Å². The van der Waals surface area contributed by atoms with E-state index in [0.717, 1.165) is 0 Å². The van der Waals surface area contributed by atoms with E-state index in [0.29, 0.717) is 27.2 Å². The van der Waals surface area contributed by atoms with Gasteiger partial charge in [0.1, 0.15) is 18.1 Å². The highest BCUT2D eigenvalue weighted by Gasteiger charge is 2.18. The van der Waals surface area contributed by atoms with Gasteiger partial charge in [-0.25, -0.2) is 8.42 Å². The van der Waals surface area contributed by atoms with E-state index in [2.05, 4.69) is 20.0 Å². The van der Waals surface area contributed by atoms with Crippen LogP contribution < -0.4 is 24.2 Å². The number of aromatic nitrogens is 2. The van der Waals surface area contributed by atoms with Gasteiger partial charge >= 0.3 is 6.01 Å². The Morgan fingerprint density at radius 1 is 0.974 bits per heavy atom. The van der Waals surface area contributed by atoms with E-state index in [4.69, 9.17) is 41.8 Å². The topological polar surface area (TPSA) is 142 Å². The second-order valence-corrected chi connectivity index (χ2v) is 10.0. The van der Waals surface area contributed by atoms with Crippen LogP contribution in [0.3, 0.4) is 0 Å². The van der Waals surface area contributed by atoms with E-state index in [1.807, 2.05) is 0 Å². The predicted octanol–water partition coefficient (Wildman–Crippen LogP) is 5.03. The fourth-order valence-electron chi connectivity index (χ4n) is 3.08. The number of carbonyl (C=O) groups excluding carboxylic acids is 1. The van der Waals surface area contributed by atoms with Crippen molar-refractivity contribution in [2.75, 3.05) is 24.3 Å². The number of carbonyl (C=O) groups is 1. The fourth-order valence-corrected chi connectivity index (χ4v) is 4.53. The van der Waals surface area contributed by atoms with Crippen molar-refractivity contribution in [2.24, 2.45) is 0 Å². The average molecular weight is 579 g/mol. The Morgan fingerprint density at radius 3 is 2.42 bits per heavy atom. The van der Waals surface area contributed by atoms with Crippen molar-refractivity contribution >= 4 is 50.6 Å². The van der Waals surface area contributed by atoms with E-state index in [-0.39, 0.29) is 35.0 Å². The summed E-state index contributed by atoms with van der Waals surface area (Å²) in [6.07, 6.45) is 0. The maximum absolute atomic E-state index is 12.8. The number of hydrogen-bond donors (Lipinski definition) is 2. The van der Waals surface area contributed by atoms with Crippen LogP contribution in [-0.2, 0) is 16.6 Å². The molecule has 0 fully saturated rings. The van der Waals surface area contributed by atoms with Crippen LogP contribution >= 0.6 is 23.2 Å². The van der Waals surface area contributed by atoms with E-state index in [9.17, 15) is 13.2 Å². The van der Waals surface area contributed by atoms with Gasteiger partial charge in [-0.15, -0.1) is 0 Å². The molecule has 0 aliphatic rings. The summed E-state index contributed by atoms with van der Waals surface area (Å²) >= 11 is 12.0. The number of sulfonamides is 1. The van der Waals surface area contributed by atoms with Gasteiger partial charge in [-0.05, 0) is 54.6 Å². The van der Waals surface area contributed by atoms with E-state index in [1.54, 1.807) is 24.3 Å². The zero-order valence-corrected chi connectivity index (χ0v) is 22.2. The molecule has 198 valence electrons. The van der Waals surface area contributed by atoms with Gasteiger partial charge in [-0.1, -0.05) is 23.2 Å². The van der Waals surface area contributed by atoms with Crippen LogP contribution in [0.25, 0.3) is 0 Å².